The van der Waals surface area contributed by atoms with Gasteiger partial charge in [-0.25, -0.2) is 9.59 Å². The van der Waals surface area contributed by atoms with Crippen LogP contribution in [0.2, 0.25) is 0 Å². The Labute approximate surface area is 173 Å². The molecule has 0 aliphatic heterocycles. The van der Waals surface area contributed by atoms with E-state index in [0.717, 1.165) is 12.3 Å². The number of ether oxygens (including phenoxy) is 2. The molecule has 0 bridgehead atoms. The molecule has 0 aliphatic carbocycles. The summed E-state index contributed by atoms with van der Waals surface area (Å²) in [7, 11) is 0. The molecule has 2 aromatic carbocycles. The van der Waals surface area contributed by atoms with E-state index in [1.807, 2.05) is 0 Å². The number of rotatable bonds is 8. The second kappa shape index (κ2) is 8.90. The Morgan fingerprint density at radius 3 is 2.71 bits per heavy atom. The maximum atomic E-state index is 12.5. The molecule has 0 spiro atoms. The number of nitro groups is 1. The van der Waals surface area contributed by atoms with Gasteiger partial charge in [0.2, 0.25) is 5.75 Å². The van der Waals surface area contributed by atoms with Crippen molar-refractivity contribution in [1.82, 2.24) is 9.66 Å². The van der Waals surface area contributed by atoms with Gasteiger partial charge in [-0.1, -0.05) is 12.1 Å². The Hall–Kier alpha value is -4.48. The van der Waals surface area contributed by atoms with Gasteiger partial charge in [0.15, 0.2) is 12.4 Å². The SMILES string of the molecule is CCOc1cc(C=Nn2c(=O)[nH]c3ccccc3c2=O)cc([N+](=O)[O-])c1OCC(=O)O. The van der Waals surface area contributed by atoms with Crippen molar-refractivity contribution in [2.45, 2.75) is 6.92 Å². The topological polar surface area (TPSA) is 166 Å². The molecule has 1 heterocycles. The van der Waals surface area contributed by atoms with Crippen LogP contribution in [0.25, 0.3) is 10.9 Å². The number of aromatic amines is 1. The first-order valence-corrected chi connectivity index (χ1v) is 8.90. The molecular weight excluding hydrogens is 412 g/mol. The van der Waals surface area contributed by atoms with E-state index in [4.69, 9.17) is 14.6 Å². The predicted octanol–water partition coefficient (Wildman–Crippen LogP) is 1.34. The highest BCUT2D eigenvalue weighted by Gasteiger charge is 2.23. The van der Waals surface area contributed by atoms with Crippen molar-refractivity contribution >= 4 is 28.8 Å². The third-order valence-corrected chi connectivity index (χ3v) is 4.00. The monoisotopic (exact) mass is 428 g/mol. The van der Waals surface area contributed by atoms with Crippen LogP contribution in [0.1, 0.15) is 12.5 Å². The van der Waals surface area contributed by atoms with Crippen LogP contribution in [0, 0.1) is 10.1 Å². The summed E-state index contributed by atoms with van der Waals surface area (Å²) >= 11 is 0. The van der Waals surface area contributed by atoms with Crippen LogP contribution >= 0.6 is 0 Å². The summed E-state index contributed by atoms with van der Waals surface area (Å²) < 4.78 is 11.0. The number of hydrogen-bond donors (Lipinski definition) is 2. The lowest BCUT2D eigenvalue weighted by Gasteiger charge is -2.11. The van der Waals surface area contributed by atoms with E-state index in [1.165, 1.54) is 12.1 Å². The van der Waals surface area contributed by atoms with Gasteiger partial charge in [-0.3, -0.25) is 14.9 Å². The lowest BCUT2D eigenvalue weighted by Crippen LogP contribution is -2.32. The fourth-order valence-electron chi connectivity index (χ4n) is 2.74. The lowest BCUT2D eigenvalue weighted by atomic mass is 10.2. The average molecular weight is 428 g/mol. The summed E-state index contributed by atoms with van der Waals surface area (Å²) in [4.78, 5) is 48.7. The van der Waals surface area contributed by atoms with Crippen LogP contribution in [-0.4, -0.2) is 45.1 Å². The third-order valence-electron chi connectivity index (χ3n) is 4.00. The minimum absolute atomic E-state index is 0.0841. The van der Waals surface area contributed by atoms with Crippen molar-refractivity contribution in [2.75, 3.05) is 13.2 Å². The lowest BCUT2D eigenvalue weighted by molar-refractivity contribution is -0.385. The zero-order valence-electron chi connectivity index (χ0n) is 16.1. The maximum absolute atomic E-state index is 12.5. The zero-order chi connectivity index (χ0) is 22.5. The molecule has 0 saturated heterocycles. The van der Waals surface area contributed by atoms with Crippen LogP contribution in [-0.2, 0) is 4.79 Å². The first-order valence-electron chi connectivity index (χ1n) is 8.90. The molecule has 0 fully saturated rings. The number of fused-ring (bicyclic) bond motifs is 1. The number of carbonyl (C=O) groups is 1. The van der Waals surface area contributed by atoms with Gasteiger partial charge in [-0.2, -0.15) is 5.10 Å². The van der Waals surface area contributed by atoms with Crippen LogP contribution in [0.4, 0.5) is 5.69 Å². The van der Waals surface area contributed by atoms with Crippen LogP contribution in [0.3, 0.4) is 0 Å². The molecule has 0 amide bonds. The van der Waals surface area contributed by atoms with Crippen LogP contribution in [0.5, 0.6) is 11.5 Å². The normalized spacial score (nSPS) is 11.0. The van der Waals surface area contributed by atoms with Gasteiger partial charge in [-0.05, 0) is 25.1 Å². The molecule has 2 N–H and O–H groups in total. The summed E-state index contributed by atoms with van der Waals surface area (Å²) in [5.41, 5.74) is -1.55. The second-order valence-electron chi connectivity index (χ2n) is 6.08. The number of nitrogens with one attached hydrogen (secondary N) is 1. The van der Waals surface area contributed by atoms with E-state index in [2.05, 4.69) is 10.1 Å². The third kappa shape index (κ3) is 4.58. The van der Waals surface area contributed by atoms with Crippen molar-refractivity contribution in [3.05, 3.63) is 72.9 Å². The molecule has 0 atom stereocenters. The van der Waals surface area contributed by atoms with Gasteiger partial charge in [0.1, 0.15) is 0 Å². The number of hydrogen-bond acceptors (Lipinski definition) is 8. The van der Waals surface area contributed by atoms with E-state index >= 15 is 0 Å². The summed E-state index contributed by atoms with van der Waals surface area (Å²) in [5, 5.41) is 24.4. The van der Waals surface area contributed by atoms with Gasteiger partial charge in [0.05, 0.1) is 28.6 Å². The van der Waals surface area contributed by atoms with Crippen LogP contribution in [0.15, 0.2) is 51.1 Å². The summed E-state index contributed by atoms with van der Waals surface area (Å²) in [6.07, 6.45) is 1.07. The fourth-order valence-corrected chi connectivity index (χ4v) is 2.74. The number of benzene rings is 2. The molecule has 0 aliphatic rings. The molecule has 31 heavy (non-hydrogen) atoms. The average Bonchev–Trinajstić information content (AvgIpc) is 2.72. The number of H-pyrrole nitrogens is 1. The van der Waals surface area contributed by atoms with Crippen molar-refractivity contribution in [3.8, 4) is 11.5 Å². The Bertz CT molecular complexity index is 1310. The summed E-state index contributed by atoms with van der Waals surface area (Å²) in [6, 6.07) is 8.75. The molecule has 3 rings (SSSR count). The number of nitro benzene ring substituents is 1. The molecule has 0 unspecified atom stereocenters. The molecule has 0 saturated carbocycles. The molecule has 1 aromatic heterocycles. The number of aliphatic carboxylic acids is 1. The minimum atomic E-state index is -1.32. The van der Waals surface area contributed by atoms with Gasteiger partial charge in [0, 0.05) is 11.6 Å². The molecule has 160 valence electrons. The van der Waals surface area contributed by atoms with E-state index < -0.39 is 34.4 Å². The smallest absolute Gasteiger partial charge is 0.349 e. The van der Waals surface area contributed by atoms with Gasteiger partial charge in [0.25, 0.3) is 5.56 Å². The van der Waals surface area contributed by atoms with E-state index in [0.29, 0.717) is 10.2 Å². The number of carboxylic acid groups (broad SMARTS) is 1. The Kier molecular flexibility index (Phi) is 6.10. The quantitative estimate of drug-likeness (QED) is 0.308. The van der Waals surface area contributed by atoms with Crippen molar-refractivity contribution in [1.29, 1.82) is 0 Å². The van der Waals surface area contributed by atoms with Crippen molar-refractivity contribution < 1.29 is 24.3 Å². The Morgan fingerprint density at radius 2 is 2.03 bits per heavy atom. The highest BCUT2D eigenvalue weighted by molar-refractivity contribution is 5.83. The number of aromatic nitrogens is 2. The molecule has 0 radical (unpaired) electrons. The highest BCUT2D eigenvalue weighted by Crippen LogP contribution is 2.38. The maximum Gasteiger partial charge on any atom is 0.349 e. The molecular formula is C19H16N4O8. The van der Waals surface area contributed by atoms with Crippen molar-refractivity contribution in [3.63, 3.8) is 0 Å². The Morgan fingerprint density at radius 1 is 1.29 bits per heavy atom. The number of para-hydroxylation sites is 1. The molecule has 12 nitrogen and oxygen atoms in total. The molecule has 3 aromatic rings. The van der Waals surface area contributed by atoms with E-state index in [1.54, 1.807) is 25.1 Å². The van der Waals surface area contributed by atoms with Crippen molar-refractivity contribution in [2.24, 2.45) is 5.10 Å². The predicted molar refractivity (Wildman–Crippen MR) is 109 cm³/mol. The summed E-state index contributed by atoms with van der Waals surface area (Å²) in [6.45, 7) is 0.933. The molecule has 12 heteroatoms. The zero-order valence-corrected chi connectivity index (χ0v) is 16.1. The fraction of sp³-hybridized carbons (Fsp3) is 0.158. The van der Waals surface area contributed by atoms with E-state index in [-0.39, 0.29) is 29.1 Å². The largest absolute Gasteiger partial charge is 0.490 e. The standard InChI is InChI=1S/C19H16N4O8/c1-2-30-15-8-11(7-14(23(28)29)17(15)31-10-16(24)25)9-20-22-18(26)12-5-3-4-6-13(12)21-19(22)27/h3-9H,2,10H2,1H3,(H,21,27)(H,24,25). The first kappa shape index (κ1) is 21.2. The number of nitrogens with zero attached hydrogens (tertiary/aromatic N) is 3. The van der Waals surface area contributed by atoms with E-state index in [9.17, 15) is 24.5 Å². The van der Waals surface area contributed by atoms with Gasteiger partial charge < -0.3 is 19.6 Å². The highest BCUT2D eigenvalue weighted by atomic mass is 16.6. The first-order chi connectivity index (χ1) is 14.8. The minimum Gasteiger partial charge on any atom is -0.490 e. The Balaban J connectivity index is 2.09. The summed E-state index contributed by atoms with van der Waals surface area (Å²) in [5.74, 6) is -1.76. The number of carboxylic acids is 1. The van der Waals surface area contributed by atoms with Crippen LogP contribution < -0.4 is 20.7 Å². The van der Waals surface area contributed by atoms with Gasteiger partial charge >= 0.3 is 17.3 Å². The van der Waals surface area contributed by atoms with Gasteiger partial charge in [-0.15, -0.1) is 4.68 Å². The second-order valence-corrected chi connectivity index (χ2v) is 6.08.